The van der Waals surface area contributed by atoms with Gasteiger partial charge < -0.3 is 20.1 Å². The summed E-state index contributed by atoms with van der Waals surface area (Å²) in [4.78, 5) is 35.1. The van der Waals surface area contributed by atoms with Gasteiger partial charge in [0.15, 0.2) is 6.10 Å². The van der Waals surface area contributed by atoms with Gasteiger partial charge in [0.05, 0.1) is 13.2 Å². The van der Waals surface area contributed by atoms with Crippen LogP contribution in [-0.4, -0.2) is 49.3 Å². The fraction of sp³-hybridized carbons (Fsp3) is 0.897. The zero-order chi connectivity index (χ0) is 49.5. The smallest absolute Gasteiger partial charge is 0.462 e. The number of esters is 2. The number of phosphoric acid groups is 1. The minimum Gasteiger partial charge on any atom is -0.462 e. The fourth-order valence-corrected chi connectivity index (χ4v) is 9.48. The highest BCUT2D eigenvalue weighted by Crippen LogP contribution is 2.43. The number of phosphoric ester groups is 1. The van der Waals surface area contributed by atoms with Crippen LogP contribution < -0.4 is 5.73 Å². The van der Waals surface area contributed by atoms with Gasteiger partial charge in [-0.3, -0.25) is 18.6 Å². The highest BCUT2D eigenvalue weighted by molar-refractivity contribution is 7.47. The first-order valence-electron chi connectivity index (χ1n) is 29.3. The lowest BCUT2D eigenvalue weighted by molar-refractivity contribution is -0.161. The SMILES string of the molecule is CCCC/C=C\C/C=C\CCCCCCCC(=O)OC(COC(=O)CCCCCCCCCCCCCCCCCCCCCCCCCCCCCCCCCCC)COP(=O)(O)OCCN. The molecule has 402 valence electrons. The maximum Gasteiger partial charge on any atom is 0.472 e. The van der Waals surface area contributed by atoms with Crippen molar-refractivity contribution in [1.29, 1.82) is 0 Å². The summed E-state index contributed by atoms with van der Waals surface area (Å²) in [5.74, 6) is -0.830. The molecule has 9 nitrogen and oxygen atoms in total. The van der Waals surface area contributed by atoms with Gasteiger partial charge >= 0.3 is 19.8 Å². The van der Waals surface area contributed by atoms with Crippen molar-refractivity contribution in [2.75, 3.05) is 26.4 Å². The first-order valence-corrected chi connectivity index (χ1v) is 30.8. The van der Waals surface area contributed by atoms with E-state index in [9.17, 15) is 19.0 Å². The molecule has 68 heavy (non-hydrogen) atoms. The molecule has 0 aliphatic carbocycles. The van der Waals surface area contributed by atoms with Crippen LogP contribution in [0.4, 0.5) is 0 Å². The molecule has 2 atom stereocenters. The first kappa shape index (κ1) is 66.5. The van der Waals surface area contributed by atoms with E-state index in [0.29, 0.717) is 6.42 Å². The van der Waals surface area contributed by atoms with Crippen molar-refractivity contribution < 1.29 is 37.6 Å². The third-order valence-electron chi connectivity index (χ3n) is 13.1. The van der Waals surface area contributed by atoms with E-state index in [4.69, 9.17) is 24.3 Å². The van der Waals surface area contributed by atoms with Crippen LogP contribution in [0.3, 0.4) is 0 Å². The Morgan fingerprint density at radius 2 is 0.779 bits per heavy atom. The number of hydrogen-bond donors (Lipinski definition) is 2. The second-order valence-corrected chi connectivity index (χ2v) is 21.3. The summed E-state index contributed by atoms with van der Waals surface area (Å²) in [6, 6.07) is 0. The predicted octanol–water partition coefficient (Wildman–Crippen LogP) is 18.2. The van der Waals surface area contributed by atoms with E-state index >= 15 is 0 Å². The number of hydrogen-bond acceptors (Lipinski definition) is 8. The average Bonchev–Trinajstić information content (AvgIpc) is 3.33. The van der Waals surface area contributed by atoms with Crippen molar-refractivity contribution in [3.05, 3.63) is 24.3 Å². The van der Waals surface area contributed by atoms with Gasteiger partial charge in [0.25, 0.3) is 0 Å². The van der Waals surface area contributed by atoms with E-state index in [0.717, 1.165) is 64.2 Å². The maximum atomic E-state index is 12.6. The van der Waals surface area contributed by atoms with Gasteiger partial charge in [-0.1, -0.05) is 276 Å². The molecule has 0 amide bonds. The predicted molar refractivity (Wildman–Crippen MR) is 289 cm³/mol. The summed E-state index contributed by atoms with van der Waals surface area (Å²) in [5, 5.41) is 0. The van der Waals surface area contributed by atoms with Gasteiger partial charge in [0.1, 0.15) is 6.61 Å². The fourth-order valence-electron chi connectivity index (χ4n) is 8.71. The summed E-state index contributed by atoms with van der Waals surface area (Å²) in [7, 11) is -4.38. The number of ether oxygens (including phenoxy) is 2. The molecule has 0 heterocycles. The van der Waals surface area contributed by atoms with Crippen LogP contribution in [0, 0.1) is 0 Å². The van der Waals surface area contributed by atoms with Crippen molar-refractivity contribution in [2.24, 2.45) is 5.73 Å². The normalized spacial score (nSPS) is 13.2. The summed E-state index contributed by atoms with van der Waals surface area (Å²) in [6.45, 7) is 3.73. The number of carbonyl (C=O) groups excluding carboxylic acids is 2. The molecular formula is C58H112NO8P. The van der Waals surface area contributed by atoms with Gasteiger partial charge in [-0.05, 0) is 38.5 Å². The Kier molecular flexibility index (Phi) is 53.6. The molecule has 0 aliphatic heterocycles. The summed E-state index contributed by atoms with van der Waals surface area (Å²) in [6.07, 6.45) is 64.1. The Bertz CT molecular complexity index is 1170. The van der Waals surface area contributed by atoms with Crippen molar-refractivity contribution in [3.63, 3.8) is 0 Å². The van der Waals surface area contributed by atoms with E-state index in [-0.39, 0.29) is 38.6 Å². The molecule has 0 spiro atoms. The van der Waals surface area contributed by atoms with Gasteiger partial charge in [0.2, 0.25) is 0 Å². The molecule has 0 aromatic carbocycles. The van der Waals surface area contributed by atoms with Gasteiger partial charge in [-0.25, -0.2) is 4.57 Å². The largest absolute Gasteiger partial charge is 0.472 e. The molecule has 0 aromatic rings. The molecule has 3 N–H and O–H groups in total. The van der Waals surface area contributed by atoms with Gasteiger partial charge in [0, 0.05) is 19.4 Å². The zero-order valence-corrected chi connectivity index (χ0v) is 45.8. The molecule has 0 bridgehead atoms. The highest BCUT2D eigenvalue weighted by atomic mass is 31.2. The van der Waals surface area contributed by atoms with Crippen LogP contribution in [0.15, 0.2) is 24.3 Å². The van der Waals surface area contributed by atoms with Crippen molar-refractivity contribution in [2.45, 2.75) is 309 Å². The molecule has 0 aromatic heterocycles. The Labute approximate surface area is 421 Å². The van der Waals surface area contributed by atoms with Gasteiger partial charge in [-0.15, -0.1) is 0 Å². The van der Waals surface area contributed by atoms with Crippen LogP contribution in [-0.2, 0) is 32.7 Å². The van der Waals surface area contributed by atoms with E-state index in [1.165, 1.54) is 205 Å². The van der Waals surface area contributed by atoms with Crippen LogP contribution in [0.2, 0.25) is 0 Å². The number of unbranched alkanes of at least 4 members (excludes halogenated alkanes) is 39. The Morgan fingerprint density at radius 1 is 0.441 bits per heavy atom. The first-order chi connectivity index (χ1) is 33.3. The summed E-state index contributed by atoms with van der Waals surface area (Å²) >= 11 is 0. The standard InChI is InChI=1S/C58H112NO8P/c1-3-5-7-9-11-13-15-17-19-20-21-22-23-24-25-26-27-28-29-30-31-32-33-34-35-36-37-39-40-42-44-46-48-50-57(60)64-54-56(55-66-68(62,63)65-53-52-59)67-58(61)51-49-47-45-43-41-38-18-16-14-12-10-8-6-4-2/h10,12,16,18,56H,3-9,11,13-15,17,19-55,59H2,1-2H3,(H,62,63)/b12-10-,18-16-. The minimum atomic E-state index is -4.38. The average molecular weight is 983 g/mol. The molecular weight excluding hydrogens is 870 g/mol. The van der Waals surface area contributed by atoms with E-state index in [1.54, 1.807) is 0 Å². The Balaban J connectivity index is 3.79. The van der Waals surface area contributed by atoms with E-state index in [1.807, 2.05) is 0 Å². The number of nitrogens with two attached hydrogens (primary N) is 1. The summed E-state index contributed by atoms with van der Waals surface area (Å²) < 4.78 is 32.9. The molecule has 0 saturated carbocycles. The molecule has 10 heteroatoms. The number of carbonyl (C=O) groups is 2. The van der Waals surface area contributed by atoms with E-state index < -0.39 is 26.5 Å². The minimum absolute atomic E-state index is 0.0528. The molecule has 0 fully saturated rings. The molecule has 0 aliphatic rings. The lowest BCUT2D eigenvalue weighted by Crippen LogP contribution is -2.29. The quantitative estimate of drug-likeness (QED) is 0.0264. The van der Waals surface area contributed by atoms with Gasteiger partial charge in [-0.2, -0.15) is 0 Å². The topological polar surface area (TPSA) is 134 Å². The van der Waals surface area contributed by atoms with Crippen molar-refractivity contribution in [1.82, 2.24) is 0 Å². The van der Waals surface area contributed by atoms with Crippen LogP contribution in [0.25, 0.3) is 0 Å². The van der Waals surface area contributed by atoms with Crippen molar-refractivity contribution in [3.8, 4) is 0 Å². The van der Waals surface area contributed by atoms with Crippen LogP contribution >= 0.6 is 7.82 Å². The molecule has 0 saturated heterocycles. The second-order valence-electron chi connectivity index (χ2n) is 19.9. The van der Waals surface area contributed by atoms with Crippen LogP contribution in [0.1, 0.15) is 303 Å². The second kappa shape index (κ2) is 54.8. The monoisotopic (exact) mass is 982 g/mol. The number of rotatable bonds is 56. The Morgan fingerprint density at radius 3 is 1.16 bits per heavy atom. The Hall–Kier alpha value is -1.51. The maximum absolute atomic E-state index is 12.6. The van der Waals surface area contributed by atoms with Crippen LogP contribution in [0.5, 0.6) is 0 Å². The lowest BCUT2D eigenvalue weighted by atomic mass is 10.0. The number of allylic oxidation sites excluding steroid dienone is 4. The molecule has 2 unspecified atom stereocenters. The third-order valence-corrected chi connectivity index (χ3v) is 14.1. The zero-order valence-electron chi connectivity index (χ0n) is 44.9. The highest BCUT2D eigenvalue weighted by Gasteiger charge is 2.26. The molecule has 0 rings (SSSR count). The van der Waals surface area contributed by atoms with Crippen molar-refractivity contribution >= 4 is 19.8 Å². The van der Waals surface area contributed by atoms with E-state index in [2.05, 4.69) is 38.2 Å². The molecule has 0 radical (unpaired) electrons. The lowest BCUT2D eigenvalue weighted by Gasteiger charge is -2.19. The summed E-state index contributed by atoms with van der Waals surface area (Å²) in [5.41, 5.74) is 5.37. The third kappa shape index (κ3) is 53.8.